The highest BCUT2D eigenvalue weighted by Gasteiger charge is 2.21. The van der Waals surface area contributed by atoms with Crippen LogP contribution in [0.1, 0.15) is 21.1 Å². The summed E-state index contributed by atoms with van der Waals surface area (Å²) < 4.78 is 18.5. The number of fused-ring (bicyclic) bond motifs is 1. The number of nitrogens with one attached hydrogen (secondary N) is 2. The Morgan fingerprint density at radius 3 is 2.77 bits per heavy atom. The lowest BCUT2D eigenvalue weighted by Gasteiger charge is -2.07. The summed E-state index contributed by atoms with van der Waals surface area (Å²) in [6.45, 7) is 2.67. The van der Waals surface area contributed by atoms with Gasteiger partial charge in [0.15, 0.2) is 6.61 Å². The Morgan fingerprint density at radius 1 is 1.31 bits per heavy atom. The van der Waals surface area contributed by atoms with Gasteiger partial charge in [0.05, 0.1) is 11.1 Å². The molecule has 7 nitrogen and oxygen atoms in total. The van der Waals surface area contributed by atoms with E-state index in [1.54, 1.807) is 19.9 Å². The van der Waals surface area contributed by atoms with E-state index < -0.39 is 24.3 Å². The van der Waals surface area contributed by atoms with E-state index in [4.69, 9.17) is 4.74 Å². The lowest BCUT2D eigenvalue weighted by atomic mass is 10.2. The Morgan fingerprint density at radius 2 is 2.04 bits per heavy atom. The number of hydrogen-bond acceptors (Lipinski definition) is 6. The van der Waals surface area contributed by atoms with Gasteiger partial charge in [-0.05, 0) is 31.5 Å². The number of carbonyl (C=O) groups excluding carboxylic acids is 2. The minimum absolute atomic E-state index is 0.00204. The van der Waals surface area contributed by atoms with E-state index in [2.05, 4.69) is 15.3 Å². The first kappa shape index (κ1) is 17.7. The van der Waals surface area contributed by atoms with Crippen LogP contribution in [0.4, 0.5) is 10.1 Å². The molecule has 2 heterocycles. The van der Waals surface area contributed by atoms with Crippen molar-refractivity contribution in [1.29, 1.82) is 0 Å². The molecule has 1 amide bonds. The van der Waals surface area contributed by atoms with Gasteiger partial charge in [-0.2, -0.15) is 0 Å². The minimum Gasteiger partial charge on any atom is -0.451 e. The van der Waals surface area contributed by atoms with Crippen molar-refractivity contribution in [3.8, 4) is 0 Å². The van der Waals surface area contributed by atoms with Gasteiger partial charge in [-0.1, -0.05) is 12.1 Å². The van der Waals surface area contributed by atoms with Crippen LogP contribution in [0.3, 0.4) is 0 Å². The Bertz CT molecular complexity index is 1070. The second-order valence-electron chi connectivity index (χ2n) is 5.49. The van der Waals surface area contributed by atoms with Gasteiger partial charge in [-0.15, -0.1) is 11.3 Å². The Labute approximate surface area is 150 Å². The number of hydrogen-bond donors (Lipinski definition) is 2. The van der Waals surface area contributed by atoms with Gasteiger partial charge in [-0.3, -0.25) is 9.59 Å². The van der Waals surface area contributed by atoms with Crippen LogP contribution < -0.4 is 10.9 Å². The van der Waals surface area contributed by atoms with Crippen LogP contribution in [0.25, 0.3) is 10.2 Å². The summed E-state index contributed by atoms with van der Waals surface area (Å²) in [5.74, 6) is -1.57. The molecule has 0 unspecified atom stereocenters. The van der Waals surface area contributed by atoms with Crippen molar-refractivity contribution in [3.63, 3.8) is 0 Å². The molecule has 1 aromatic carbocycles. The minimum atomic E-state index is -0.744. The SMILES string of the molecule is Cc1nc2sc(C(=O)OCC(=O)Nc3ccccc3F)c(C)c2c(=O)[nH]1. The first-order chi connectivity index (χ1) is 12.4. The Hall–Kier alpha value is -3.07. The van der Waals surface area contributed by atoms with E-state index >= 15 is 0 Å². The summed E-state index contributed by atoms with van der Waals surface area (Å²) in [7, 11) is 0. The van der Waals surface area contributed by atoms with Crippen LogP contribution in [-0.4, -0.2) is 28.5 Å². The number of esters is 1. The van der Waals surface area contributed by atoms with Crippen molar-refractivity contribution in [1.82, 2.24) is 9.97 Å². The number of ether oxygens (including phenoxy) is 1. The third-order valence-corrected chi connectivity index (χ3v) is 4.75. The topological polar surface area (TPSA) is 101 Å². The average Bonchev–Trinajstić information content (AvgIpc) is 2.91. The Kier molecular flexibility index (Phi) is 4.81. The van der Waals surface area contributed by atoms with Gasteiger partial charge >= 0.3 is 5.97 Å². The third-order valence-electron chi connectivity index (χ3n) is 3.59. The molecule has 0 bridgehead atoms. The van der Waals surface area contributed by atoms with Crippen LogP contribution in [0.2, 0.25) is 0 Å². The maximum absolute atomic E-state index is 13.5. The van der Waals surface area contributed by atoms with E-state index in [0.717, 1.165) is 11.3 Å². The molecular weight excluding hydrogens is 361 g/mol. The third kappa shape index (κ3) is 3.47. The molecule has 0 aliphatic heterocycles. The van der Waals surface area contributed by atoms with E-state index in [1.807, 2.05) is 0 Å². The molecule has 0 radical (unpaired) electrons. The van der Waals surface area contributed by atoms with Crippen LogP contribution in [0.15, 0.2) is 29.1 Å². The molecule has 2 N–H and O–H groups in total. The molecule has 9 heteroatoms. The molecule has 3 rings (SSSR count). The van der Waals surface area contributed by atoms with Crippen LogP contribution in [0, 0.1) is 19.7 Å². The first-order valence-corrected chi connectivity index (χ1v) is 8.40. The maximum Gasteiger partial charge on any atom is 0.349 e. The number of para-hydroxylation sites is 1. The number of rotatable bonds is 4. The number of amides is 1. The van der Waals surface area contributed by atoms with Gasteiger partial charge in [0.1, 0.15) is 21.3 Å². The van der Waals surface area contributed by atoms with Crippen molar-refractivity contribution in [2.75, 3.05) is 11.9 Å². The zero-order valence-corrected chi connectivity index (χ0v) is 14.7. The Balaban J connectivity index is 1.73. The number of aromatic amines is 1. The fourth-order valence-corrected chi connectivity index (χ4v) is 3.51. The second-order valence-corrected chi connectivity index (χ2v) is 6.49. The summed E-state index contributed by atoms with van der Waals surface area (Å²) in [6, 6.07) is 5.66. The van der Waals surface area contributed by atoms with E-state index in [0.29, 0.717) is 21.6 Å². The smallest absolute Gasteiger partial charge is 0.349 e. The number of thiophene rings is 1. The van der Waals surface area contributed by atoms with Gasteiger partial charge in [0.2, 0.25) is 0 Å². The summed E-state index contributed by atoms with van der Waals surface area (Å²) in [6.07, 6.45) is 0. The first-order valence-electron chi connectivity index (χ1n) is 7.58. The molecule has 0 spiro atoms. The fraction of sp³-hybridized carbons (Fsp3) is 0.176. The van der Waals surface area contributed by atoms with E-state index in [-0.39, 0.29) is 16.1 Å². The highest BCUT2D eigenvalue weighted by molar-refractivity contribution is 7.20. The number of H-pyrrole nitrogens is 1. The van der Waals surface area contributed by atoms with Gasteiger partial charge in [0, 0.05) is 0 Å². The summed E-state index contributed by atoms with van der Waals surface area (Å²) >= 11 is 1.02. The predicted molar refractivity (Wildman–Crippen MR) is 95.0 cm³/mol. The average molecular weight is 375 g/mol. The molecule has 3 aromatic rings. The molecular formula is C17H14FN3O4S. The quantitative estimate of drug-likeness (QED) is 0.683. The predicted octanol–water partition coefficient (Wildman–Crippen LogP) is 2.54. The molecule has 2 aromatic heterocycles. The summed E-state index contributed by atoms with van der Waals surface area (Å²) in [5, 5.41) is 2.64. The zero-order valence-electron chi connectivity index (χ0n) is 13.9. The van der Waals surface area contributed by atoms with Crippen molar-refractivity contribution in [3.05, 3.63) is 56.7 Å². The lowest BCUT2D eigenvalue weighted by Crippen LogP contribution is -2.21. The molecule has 0 fully saturated rings. The normalized spacial score (nSPS) is 10.7. The monoisotopic (exact) mass is 375 g/mol. The van der Waals surface area contributed by atoms with Crippen molar-refractivity contribution in [2.24, 2.45) is 0 Å². The van der Waals surface area contributed by atoms with Gasteiger partial charge < -0.3 is 15.0 Å². The number of nitrogens with zero attached hydrogens (tertiary/aromatic N) is 1. The summed E-state index contributed by atoms with van der Waals surface area (Å²) in [4.78, 5) is 43.5. The van der Waals surface area contributed by atoms with Gasteiger partial charge in [0.25, 0.3) is 11.5 Å². The number of aromatic nitrogens is 2. The number of carbonyl (C=O) groups is 2. The van der Waals surface area contributed by atoms with Crippen molar-refractivity contribution >= 4 is 39.1 Å². The van der Waals surface area contributed by atoms with Crippen LogP contribution in [-0.2, 0) is 9.53 Å². The standard InChI is InChI=1S/C17H14FN3O4S/c1-8-13-15(23)19-9(2)20-16(13)26-14(8)17(24)25-7-12(22)21-11-6-4-3-5-10(11)18/h3-6H,7H2,1-2H3,(H,21,22)(H,19,20,23). The number of halogens is 1. The van der Waals surface area contributed by atoms with Crippen molar-refractivity contribution in [2.45, 2.75) is 13.8 Å². The molecule has 0 aliphatic carbocycles. The summed E-state index contributed by atoms with van der Waals surface area (Å²) in [5.41, 5.74) is 0.105. The molecule has 0 atom stereocenters. The van der Waals surface area contributed by atoms with Crippen LogP contribution >= 0.6 is 11.3 Å². The highest BCUT2D eigenvalue weighted by Crippen LogP contribution is 2.27. The molecule has 0 aliphatic rings. The molecule has 0 saturated carbocycles. The fourth-order valence-electron chi connectivity index (χ4n) is 2.39. The molecule has 134 valence electrons. The largest absolute Gasteiger partial charge is 0.451 e. The zero-order chi connectivity index (χ0) is 18.8. The van der Waals surface area contributed by atoms with Crippen LogP contribution in [0.5, 0.6) is 0 Å². The van der Waals surface area contributed by atoms with Gasteiger partial charge in [-0.25, -0.2) is 14.2 Å². The number of benzene rings is 1. The highest BCUT2D eigenvalue weighted by atomic mass is 32.1. The second kappa shape index (κ2) is 7.04. The van der Waals surface area contributed by atoms with E-state index in [9.17, 15) is 18.8 Å². The molecule has 0 saturated heterocycles. The number of anilines is 1. The number of aryl methyl sites for hydroxylation is 2. The van der Waals surface area contributed by atoms with E-state index in [1.165, 1.54) is 18.2 Å². The van der Waals surface area contributed by atoms with Crippen molar-refractivity contribution < 1.29 is 18.7 Å². The lowest BCUT2D eigenvalue weighted by molar-refractivity contribution is -0.119. The maximum atomic E-state index is 13.5. The molecule has 26 heavy (non-hydrogen) atoms.